The second-order valence-corrected chi connectivity index (χ2v) is 9.77. The summed E-state index contributed by atoms with van der Waals surface area (Å²) in [6.07, 6.45) is 4.08. The van der Waals surface area contributed by atoms with Gasteiger partial charge in [0.25, 0.3) is 0 Å². The number of anilines is 1. The zero-order chi connectivity index (χ0) is 23.3. The first-order valence-electron chi connectivity index (χ1n) is 13.0. The van der Waals surface area contributed by atoms with E-state index in [2.05, 4.69) is 56.0 Å². The average molecular weight is 463 g/mol. The first kappa shape index (κ1) is 23.2. The molecule has 0 atom stereocenters. The molecule has 1 saturated carbocycles. The largest absolute Gasteiger partial charge is 0.494 e. The number of rotatable bonds is 7. The third-order valence-electron chi connectivity index (χ3n) is 7.70. The number of nitrogens with zero attached hydrogens (tertiary/aromatic N) is 4. The molecule has 2 heterocycles. The van der Waals surface area contributed by atoms with Crippen LogP contribution in [0.2, 0.25) is 0 Å². The number of piperazine rings is 2. The summed E-state index contributed by atoms with van der Waals surface area (Å²) in [6, 6.07) is 17.9. The highest BCUT2D eigenvalue weighted by atomic mass is 16.5. The van der Waals surface area contributed by atoms with Crippen molar-refractivity contribution in [3.8, 4) is 16.9 Å². The Morgan fingerprint density at radius 1 is 0.882 bits per heavy atom. The average Bonchev–Trinajstić information content (AvgIpc) is 2.84. The summed E-state index contributed by atoms with van der Waals surface area (Å²) in [7, 11) is 0. The van der Waals surface area contributed by atoms with Gasteiger partial charge in [-0.15, -0.1) is 0 Å². The molecule has 6 heteroatoms. The van der Waals surface area contributed by atoms with Crippen molar-refractivity contribution in [1.82, 2.24) is 14.7 Å². The Morgan fingerprint density at radius 3 is 2.26 bits per heavy atom. The normalized spacial score (nSPS) is 20.3. The van der Waals surface area contributed by atoms with Gasteiger partial charge in [0.2, 0.25) is 5.91 Å². The predicted octanol–water partition coefficient (Wildman–Crippen LogP) is 3.57. The Bertz CT molecular complexity index is 943. The molecule has 1 amide bonds. The molecule has 1 aliphatic carbocycles. The van der Waals surface area contributed by atoms with E-state index in [4.69, 9.17) is 4.74 Å². The highest BCUT2D eigenvalue weighted by molar-refractivity contribution is 5.78. The summed E-state index contributed by atoms with van der Waals surface area (Å²) >= 11 is 0. The van der Waals surface area contributed by atoms with Crippen LogP contribution in [0.1, 0.15) is 26.2 Å². The fraction of sp³-hybridized carbons (Fsp3) is 0.536. The molecule has 0 bridgehead atoms. The van der Waals surface area contributed by atoms with Gasteiger partial charge in [-0.25, -0.2) is 0 Å². The number of carbonyl (C=O) groups excluding carboxylic acids is 1. The zero-order valence-electron chi connectivity index (χ0n) is 20.5. The van der Waals surface area contributed by atoms with E-state index in [-0.39, 0.29) is 0 Å². The lowest BCUT2D eigenvalue weighted by molar-refractivity contribution is -0.134. The molecule has 3 aliphatic rings. The summed E-state index contributed by atoms with van der Waals surface area (Å²) in [5, 5.41) is 0. The molecule has 5 rings (SSSR count). The molecule has 0 unspecified atom stereocenters. The summed E-state index contributed by atoms with van der Waals surface area (Å²) < 4.78 is 5.64. The van der Waals surface area contributed by atoms with Gasteiger partial charge in [0.15, 0.2) is 0 Å². The second kappa shape index (κ2) is 10.8. The molecule has 6 nitrogen and oxygen atoms in total. The Morgan fingerprint density at radius 2 is 1.62 bits per heavy atom. The van der Waals surface area contributed by atoms with Crippen LogP contribution in [-0.2, 0) is 4.79 Å². The van der Waals surface area contributed by atoms with Crippen LogP contribution in [0.15, 0.2) is 48.5 Å². The lowest BCUT2D eigenvalue weighted by Gasteiger charge is -2.43. The molecule has 0 radical (unpaired) electrons. The topological polar surface area (TPSA) is 39.3 Å². The molecule has 2 aliphatic heterocycles. The van der Waals surface area contributed by atoms with Crippen LogP contribution in [0.3, 0.4) is 0 Å². The number of carbonyl (C=O) groups is 1. The third kappa shape index (κ3) is 5.39. The van der Waals surface area contributed by atoms with Crippen LogP contribution < -0.4 is 9.64 Å². The minimum Gasteiger partial charge on any atom is -0.494 e. The molecule has 2 aromatic carbocycles. The maximum absolute atomic E-state index is 12.9. The van der Waals surface area contributed by atoms with Crippen LogP contribution in [0.4, 0.5) is 5.69 Å². The van der Waals surface area contributed by atoms with E-state index >= 15 is 0 Å². The molecule has 182 valence electrons. The standard InChI is InChI=1S/C28H38N4O2/c1-2-34-27-8-3-5-24(21-27)23-9-11-26(12-10-23)30-15-13-29(14-16-30)22-28(33)32-19-17-31(18-20-32)25-6-4-7-25/h3,5,8-12,21,25H,2,4,6-7,13-20,22H2,1H3. The monoisotopic (exact) mass is 462 g/mol. The summed E-state index contributed by atoms with van der Waals surface area (Å²) in [4.78, 5) is 22.3. The number of ether oxygens (including phenoxy) is 1. The molecule has 3 fully saturated rings. The molecule has 2 saturated heterocycles. The third-order valence-corrected chi connectivity index (χ3v) is 7.70. The van der Waals surface area contributed by atoms with Gasteiger partial charge in [0.1, 0.15) is 5.75 Å². The van der Waals surface area contributed by atoms with Crippen molar-refractivity contribution in [2.45, 2.75) is 32.2 Å². The molecule has 0 aromatic heterocycles. The van der Waals surface area contributed by atoms with Gasteiger partial charge in [-0.2, -0.15) is 0 Å². The van der Waals surface area contributed by atoms with Gasteiger partial charge in [-0.05, 0) is 55.2 Å². The van der Waals surface area contributed by atoms with Crippen LogP contribution in [0.25, 0.3) is 11.1 Å². The molecule has 0 N–H and O–H groups in total. The lowest BCUT2D eigenvalue weighted by Crippen LogP contribution is -2.56. The summed E-state index contributed by atoms with van der Waals surface area (Å²) in [5.74, 6) is 1.22. The summed E-state index contributed by atoms with van der Waals surface area (Å²) in [6.45, 7) is 10.9. The number of hydrogen-bond donors (Lipinski definition) is 0. The maximum atomic E-state index is 12.9. The molecule has 34 heavy (non-hydrogen) atoms. The van der Waals surface area contributed by atoms with Gasteiger partial charge < -0.3 is 14.5 Å². The van der Waals surface area contributed by atoms with Gasteiger partial charge >= 0.3 is 0 Å². The van der Waals surface area contributed by atoms with Crippen LogP contribution in [-0.4, -0.2) is 92.2 Å². The Hall–Kier alpha value is -2.57. The van der Waals surface area contributed by atoms with Crippen LogP contribution in [0, 0.1) is 0 Å². The van der Waals surface area contributed by atoms with E-state index in [0.29, 0.717) is 19.1 Å². The fourth-order valence-corrected chi connectivity index (χ4v) is 5.34. The van der Waals surface area contributed by atoms with Crippen molar-refractivity contribution in [3.05, 3.63) is 48.5 Å². The number of benzene rings is 2. The zero-order valence-corrected chi connectivity index (χ0v) is 20.5. The first-order valence-corrected chi connectivity index (χ1v) is 13.0. The summed E-state index contributed by atoms with van der Waals surface area (Å²) in [5.41, 5.74) is 3.63. The van der Waals surface area contributed by atoms with Crippen molar-refractivity contribution in [2.24, 2.45) is 0 Å². The van der Waals surface area contributed by atoms with Crippen molar-refractivity contribution in [3.63, 3.8) is 0 Å². The second-order valence-electron chi connectivity index (χ2n) is 9.77. The Balaban J connectivity index is 1.08. The smallest absolute Gasteiger partial charge is 0.236 e. The highest BCUT2D eigenvalue weighted by Gasteiger charge is 2.30. The highest BCUT2D eigenvalue weighted by Crippen LogP contribution is 2.27. The molecular weight excluding hydrogens is 424 g/mol. The Kier molecular flexibility index (Phi) is 7.36. The number of amides is 1. The van der Waals surface area contributed by atoms with Crippen LogP contribution in [0.5, 0.6) is 5.75 Å². The predicted molar refractivity (Wildman–Crippen MR) is 137 cm³/mol. The van der Waals surface area contributed by atoms with Gasteiger partial charge in [-0.1, -0.05) is 30.7 Å². The van der Waals surface area contributed by atoms with Gasteiger partial charge in [0.05, 0.1) is 13.2 Å². The van der Waals surface area contributed by atoms with Crippen LogP contribution >= 0.6 is 0 Å². The van der Waals surface area contributed by atoms with Gasteiger partial charge in [-0.3, -0.25) is 14.6 Å². The van der Waals surface area contributed by atoms with Gasteiger partial charge in [0, 0.05) is 64.1 Å². The molecular formula is C28H38N4O2. The SMILES string of the molecule is CCOc1cccc(-c2ccc(N3CCN(CC(=O)N4CCN(C5CCC5)CC4)CC3)cc2)c1. The molecule has 2 aromatic rings. The maximum Gasteiger partial charge on any atom is 0.236 e. The van der Waals surface area contributed by atoms with E-state index in [1.165, 1.54) is 36.1 Å². The van der Waals surface area contributed by atoms with Crippen molar-refractivity contribution >= 4 is 11.6 Å². The molecule has 0 spiro atoms. The van der Waals surface area contributed by atoms with E-state index in [0.717, 1.165) is 64.1 Å². The minimum absolute atomic E-state index is 0.306. The Labute approximate surface area is 204 Å². The fourth-order valence-electron chi connectivity index (χ4n) is 5.34. The lowest BCUT2D eigenvalue weighted by atomic mass is 9.91. The van der Waals surface area contributed by atoms with Crippen molar-refractivity contribution in [1.29, 1.82) is 0 Å². The van der Waals surface area contributed by atoms with Crippen molar-refractivity contribution < 1.29 is 9.53 Å². The van der Waals surface area contributed by atoms with E-state index in [1.54, 1.807) is 0 Å². The van der Waals surface area contributed by atoms with Crippen molar-refractivity contribution in [2.75, 3.05) is 70.4 Å². The van der Waals surface area contributed by atoms with E-state index in [9.17, 15) is 4.79 Å². The minimum atomic E-state index is 0.306. The quantitative estimate of drug-likeness (QED) is 0.629. The number of hydrogen-bond acceptors (Lipinski definition) is 5. The first-order chi connectivity index (χ1) is 16.7. The van der Waals surface area contributed by atoms with E-state index < -0.39 is 0 Å². The van der Waals surface area contributed by atoms with E-state index in [1.807, 2.05) is 19.1 Å².